The molecule has 1 fully saturated rings. The molecule has 0 saturated carbocycles. The zero-order valence-corrected chi connectivity index (χ0v) is 15.4. The Hall–Kier alpha value is -1.92. The fourth-order valence-electron chi connectivity index (χ4n) is 3.12. The first kappa shape index (κ1) is 17.9. The summed E-state index contributed by atoms with van der Waals surface area (Å²) in [4.78, 5) is 17.1. The van der Waals surface area contributed by atoms with Gasteiger partial charge in [-0.2, -0.15) is 0 Å². The average molecular weight is 362 g/mol. The minimum Gasteiger partial charge on any atom is -0.345 e. The third-order valence-corrected chi connectivity index (χ3v) is 4.83. The smallest absolute Gasteiger partial charge is 0.291 e. The largest absolute Gasteiger partial charge is 0.345 e. The zero-order chi connectivity index (χ0) is 17.8. The Morgan fingerprint density at radius 3 is 2.96 bits per heavy atom. The molecule has 6 nitrogen and oxygen atoms in total. The molecule has 7 heteroatoms. The fourth-order valence-corrected chi connectivity index (χ4v) is 3.33. The lowest BCUT2D eigenvalue weighted by molar-refractivity contribution is 0.0909. The molecule has 1 aromatic carbocycles. The van der Waals surface area contributed by atoms with E-state index >= 15 is 0 Å². The van der Waals surface area contributed by atoms with Crippen LogP contribution < -0.4 is 10.6 Å². The molecule has 1 amide bonds. The Morgan fingerprint density at radius 1 is 1.44 bits per heavy atom. The van der Waals surface area contributed by atoms with Gasteiger partial charge in [-0.25, -0.2) is 9.67 Å². The predicted molar refractivity (Wildman–Crippen MR) is 98.3 cm³/mol. The van der Waals surface area contributed by atoms with Crippen molar-refractivity contribution in [3.63, 3.8) is 0 Å². The first-order valence-electron chi connectivity index (χ1n) is 8.85. The van der Waals surface area contributed by atoms with E-state index in [0.29, 0.717) is 5.02 Å². The fraction of sp³-hybridized carbons (Fsp3) is 0.500. The van der Waals surface area contributed by atoms with Crippen LogP contribution in [0.15, 0.2) is 24.3 Å². The van der Waals surface area contributed by atoms with E-state index in [9.17, 15) is 4.79 Å². The van der Waals surface area contributed by atoms with Gasteiger partial charge < -0.3 is 10.6 Å². The van der Waals surface area contributed by atoms with E-state index in [-0.39, 0.29) is 23.8 Å². The normalized spacial score (nSPS) is 20.4. The number of amides is 1. The Labute approximate surface area is 153 Å². The summed E-state index contributed by atoms with van der Waals surface area (Å²) in [5.41, 5.74) is 0.742. The van der Waals surface area contributed by atoms with Crippen LogP contribution in [0.5, 0.6) is 0 Å². The van der Waals surface area contributed by atoms with Gasteiger partial charge in [0.2, 0.25) is 5.82 Å². The molecule has 0 radical (unpaired) electrons. The van der Waals surface area contributed by atoms with Crippen molar-refractivity contribution in [3.8, 4) is 5.69 Å². The lowest BCUT2D eigenvalue weighted by Gasteiger charge is -2.30. The Kier molecular flexibility index (Phi) is 5.71. The molecule has 0 bridgehead atoms. The second-order valence-corrected chi connectivity index (χ2v) is 6.84. The molecule has 2 unspecified atom stereocenters. The zero-order valence-electron chi connectivity index (χ0n) is 14.6. The van der Waals surface area contributed by atoms with E-state index in [1.807, 2.05) is 24.3 Å². The number of halogens is 1. The first-order chi connectivity index (χ1) is 12.1. The number of aryl methyl sites for hydroxylation is 1. The lowest BCUT2D eigenvalue weighted by atomic mass is 10.00. The summed E-state index contributed by atoms with van der Waals surface area (Å²) in [5, 5.41) is 11.5. The van der Waals surface area contributed by atoms with E-state index in [1.54, 1.807) is 4.68 Å². The highest BCUT2D eigenvalue weighted by atomic mass is 35.5. The summed E-state index contributed by atoms with van der Waals surface area (Å²) < 4.78 is 1.68. The van der Waals surface area contributed by atoms with Crippen molar-refractivity contribution in [2.75, 3.05) is 6.54 Å². The highest BCUT2D eigenvalue weighted by Crippen LogP contribution is 2.21. The summed E-state index contributed by atoms with van der Waals surface area (Å²) in [5.74, 6) is 0.709. The van der Waals surface area contributed by atoms with Crippen LogP contribution in [-0.2, 0) is 6.42 Å². The Morgan fingerprint density at radius 2 is 2.24 bits per heavy atom. The van der Waals surface area contributed by atoms with Crippen molar-refractivity contribution in [2.45, 2.75) is 51.6 Å². The Balaban J connectivity index is 1.86. The van der Waals surface area contributed by atoms with E-state index in [0.717, 1.165) is 43.7 Å². The van der Waals surface area contributed by atoms with E-state index in [1.165, 1.54) is 0 Å². The number of nitrogens with zero attached hydrogens (tertiary/aromatic N) is 3. The van der Waals surface area contributed by atoms with Gasteiger partial charge in [0.1, 0.15) is 5.82 Å². The number of piperidine rings is 1. The molecular weight excluding hydrogens is 338 g/mol. The molecule has 134 valence electrons. The quantitative estimate of drug-likeness (QED) is 0.859. The molecule has 25 heavy (non-hydrogen) atoms. The maximum atomic E-state index is 12.6. The number of nitrogens with one attached hydrogen (secondary N) is 2. The van der Waals surface area contributed by atoms with Gasteiger partial charge in [0.15, 0.2) is 0 Å². The van der Waals surface area contributed by atoms with Crippen molar-refractivity contribution in [3.05, 3.63) is 40.9 Å². The van der Waals surface area contributed by atoms with E-state index in [4.69, 9.17) is 11.6 Å². The van der Waals surface area contributed by atoms with E-state index in [2.05, 4.69) is 34.6 Å². The van der Waals surface area contributed by atoms with Crippen LogP contribution >= 0.6 is 11.6 Å². The number of carbonyl (C=O) groups excluding carboxylic acids is 1. The summed E-state index contributed by atoms with van der Waals surface area (Å²) in [6.45, 7) is 5.15. The van der Waals surface area contributed by atoms with Crippen molar-refractivity contribution < 1.29 is 4.79 Å². The van der Waals surface area contributed by atoms with Crippen LogP contribution in [-0.4, -0.2) is 39.3 Å². The van der Waals surface area contributed by atoms with Crippen LogP contribution in [0.1, 0.15) is 49.6 Å². The van der Waals surface area contributed by atoms with Crippen LogP contribution in [0, 0.1) is 0 Å². The monoisotopic (exact) mass is 361 g/mol. The maximum absolute atomic E-state index is 12.6. The average Bonchev–Trinajstić information content (AvgIpc) is 3.02. The van der Waals surface area contributed by atoms with Gasteiger partial charge in [0.25, 0.3) is 5.91 Å². The van der Waals surface area contributed by atoms with E-state index < -0.39 is 0 Å². The van der Waals surface area contributed by atoms with Gasteiger partial charge in [-0.3, -0.25) is 4.79 Å². The van der Waals surface area contributed by atoms with Gasteiger partial charge in [-0.05, 0) is 44.9 Å². The van der Waals surface area contributed by atoms with Crippen molar-refractivity contribution >= 4 is 17.5 Å². The lowest BCUT2D eigenvalue weighted by Crippen LogP contribution is -2.52. The van der Waals surface area contributed by atoms with Gasteiger partial charge in [0, 0.05) is 18.5 Å². The minimum absolute atomic E-state index is 0.100. The number of carbonyl (C=O) groups is 1. The van der Waals surface area contributed by atoms with Gasteiger partial charge in [-0.15, -0.1) is 5.10 Å². The van der Waals surface area contributed by atoms with Gasteiger partial charge in [-0.1, -0.05) is 30.7 Å². The number of aromatic nitrogens is 3. The molecule has 1 saturated heterocycles. The molecule has 1 aliphatic heterocycles. The molecule has 1 aliphatic rings. The summed E-state index contributed by atoms with van der Waals surface area (Å²) >= 11 is 6.30. The van der Waals surface area contributed by atoms with Gasteiger partial charge >= 0.3 is 0 Å². The first-order valence-corrected chi connectivity index (χ1v) is 9.23. The van der Waals surface area contributed by atoms with Crippen LogP contribution in [0.25, 0.3) is 5.69 Å². The summed E-state index contributed by atoms with van der Waals surface area (Å²) in [7, 11) is 0. The molecule has 0 spiro atoms. The van der Waals surface area contributed by atoms with Crippen LogP contribution in [0.3, 0.4) is 0 Å². The number of hydrogen-bond acceptors (Lipinski definition) is 4. The molecule has 2 N–H and O–H groups in total. The second-order valence-electron chi connectivity index (χ2n) is 6.43. The topological polar surface area (TPSA) is 71.8 Å². The minimum atomic E-state index is -0.233. The van der Waals surface area contributed by atoms with Crippen molar-refractivity contribution in [1.82, 2.24) is 25.4 Å². The third-order valence-electron chi connectivity index (χ3n) is 4.51. The number of benzene rings is 1. The summed E-state index contributed by atoms with van der Waals surface area (Å²) in [6.07, 6.45) is 3.66. The number of para-hydroxylation sites is 1. The SMILES string of the molecule is CCCc1nc(C(=O)NC2CCCNC2C)nn1-c1ccccc1Cl. The standard InChI is InChI=1S/C18H24ClN5O/c1-3-7-16-22-17(18(25)21-14-9-6-11-20-12(14)2)23-24(16)15-10-5-4-8-13(15)19/h4-5,8,10,12,14,20H,3,6-7,9,11H2,1-2H3,(H,21,25). The molecule has 2 atom stereocenters. The van der Waals surface area contributed by atoms with Crippen molar-refractivity contribution in [1.29, 1.82) is 0 Å². The van der Waals surface area contributed by atoms with Crippen molar-refractivity contribution in [2.24, 2.45) is 0 Å². The molecule has 1 aromatic heterocycles. The molecule has 3 rings (SSSR count). The second kappa shape index (κ2) is 7.97. The number of rotatable bonds is 5. The maximum Gasteiger partial charge on any atom is 0.291 e. The highest BCUT2D eigenvalue weighted by Gasteiger charge is 2.25. The predicted octanol–water partition coefficient (Wildman–Crippen LogP) is 2.74. The molecule has 2 aromatic rings. The summed E-state index contributed by atoms with van der Waals surface area (Å²) in [6, 6.07) is 7.80. The van der Waals surface area contributed by atoms with Crippen LogP contribution in [0.2, 0.25) is 5.02 Å². The molecule has 0 aliphatic carbocycles. The van der Waals surface area contributed by atoms with Gasteiger partial charge in [0.05, 0.1) is 10.7 Å². The Bertz CT molecular complexity index is 745. The van der Waals surface area contributed by atoms with Crippen LogP contribution in [0.4, 0.5) is 0 Å². The number of hydrogen-bond donors (Lipinski definition) is 2. The molecular formula is C18H24ClN5O. The third kappa shape index (κ3) is 4.02. The molecule has 2 heterocycles. The highest BCUT2D eigenvalue weighted by molar-refractivity contribution is 6.32.